The maximum atomic E-state index is 12.7. The molecule has 2 aromatic heterocycles. The average Bonchev–Trinajstić information content (AvgIpc) is 3.04. The van der Waals surface area contributed by atoms with Crippen molar-refractivity contribution >= 4 is 17.5 Å². The van der Waals surface area contributed by atoms with Gasteiger partial charge in [0.25, 0.3) is 0 Å². The quantitative estimate of drug-likeness (QED) is 0.541. The van der Waals surface area contributed by atoms with Gasteiger partial charge in [-0.15, -0.1) is 5.10 Å². The normalized spacial score (nSPS) is 17.9. The molecule has 0 atom stereocenters. The summed E-state index contributed by atoms with van der Waals surface area (Å²) in [7, 11) is 0. The molecule has 2 aromatic rings. The third kappa shape index (κ3) is 3.90. The molecule has 2 fully saturated rings. The second-order valence-electron chi connectivity index (χ2n) is 7.85. The first-order valence-corrected chi connectivity index (χ1v) is 10.9. The van der Waals surface area contributed by atoms with Crippen molar-refractivity contribution in [3.05, 3.63) is 28.8 Å². The Balaban J connectivity index is 1.31. The molecule has 0 bridgehead atoms. The van der Waals surface area contributed by atoms with Crippen molar-refractivity contribution in [2.45, 2.75) is 76.4 Å². The number of nitrogens with zero attached hydrogens (tertiary/aromatic N) is 3. The van der Waals surface area contributed by atoms with Crippen LogP contribution in [-0.4, -0.2) is 31.3 Å². The van der Waals surface area contributed by atoms with Gasteiger partial charge in [-0.2, -0.15) is 0 Å². The molecule has 0 unspecified atom stereocenters. The zero-order chi connectivity index (χ0) is 18.1. The van der Waals surface area contributed by atoms with E-state index in [1.165, 1.54) is 62.4 Å². The molecule has 4 rings (SSSR count). The molecule has 2 heterocycles. The maximum Gasteiger partial charge on any atom is 0.208 e. The van der Waals surface area contributed by atoms with Gasteiger partial charge in [0.15, 0.2) is 5.78 Å². The highest BCUT2D eigenvalue weighted by molar-refractivity contribution is 7.99. The highest BCUT2D eigenvalue weighted by Crippen LogP contribution is 2.38. The van der Waals surface area contributed by atoms with Gasteiger partial charge >= 0.3 is 0 Å². The number of aromatic amines is 1. The lowest BCUT2D eigenvalue weighted by Gasteiger charge is -2.07. The van der Waals surface area contributed by atoms with Gasteiger partial charge in [0.2, 0.25) is 5.16 Å². The zero-order valence-electron chi connectivity index (χ0n) is 15.8. The fourth-order valence-electron chi connectivity index (χ4n) is 4.26. The molecule has 0 aromatic carbocycles. The fourth-order valence-corrected chi connectivity index (χ4v) is 4.96. The van der Waals surface area contributed by atoms with Crippen molar-refractivity contribution in [3.63, 3.8) is 0 Å². The van der Waals surface area contributed by atoms with Crippen molar-refractivity contribution in [1.29, 1.82) is 0 Å². The minimum absolute atomic E-state index is 0.173. The smallest absolute Gasteiger partial charge is 0.208 e. The molecule has 0 radical (unpaired) electrons. The number of aromatic nitrogens is 4. The Bertz CT molecular complexity index is 784. The van der Waals surface area contributed by atoms with E-state index in [1.54, 1.807) is 0 Å². The summed E-state index contributed by atoms with van der Waals surface area (Å²) < 4.78 is 2.33. The SMILES string of the molecule is Cc1cc(C(=O)CSc2n[nH]c(CCC3CCCC3)n2)c(C)n1C1CC1. The van der Waals surface area contributed by atoms with E-state index in [4.69, 9.17) is 0 Å². The Morgan fingerprint density at radius 3 is 2.77 bits per heavy atom. The zero-order valence-corrected chi connectivity index (χ0v) is 16.6. The standard InChI is InChI=1S/C20H28N4OS/c1-13-11-17(14(2)24(13)16-8-9-16)18(25)12-26-20-21-19(22-23-20)10-7-15-5-3-4-6-15/h11,15-16H,3-10,12H2,1-2H3,(H,21,22,23). The van der Waals surface area contributed by atoms with Gasteiger partial charge in [-0.25, -0.2) is 4.98 Å². The molecule has 0 saturated heterocycles. The van der Waals surface area contributed by atoms with Gasteiger partial charge in [-0.1, -0.05) is 37.4 Å². The van der Waals surface area contributed by atoms with E-state index in [9.17, 15) is 4.79 Å². The maximum absolute atomic E-state index is 12.7. The van der Waals surface area contributed by atoms with Gasteiger partial charge in [0.05, 0.1) is 5.75 Å². The number of hydrogen-bond acceptors (Lipinski definition) is 4. The molecule has 2 aliphatic rings. The van der Waals surface area contributed by atoms with Crippen LogP contribution >= 0.6 is 11.8 Å². The number of hydrogen-bond donors (Lipinski definition) is 1. The molecular formula is C20H28N4OS. The summed E-state index contributed by atoms with van der Waals surface area (Å²) in [6, 6.07) is 2.65. The number of nitrogens with one attached hydrogen (secondary N) is 1. The van der Waals surface area contributed by atoms with Crippen LogP contribution in [0.25, 0.3) is 0 Å². The Morgan fingerprint density at radius 2 is 2.04 bits per heavy atom. The summed E-state index contributed by atoms with van der Waals surface area (Å²) in [6.45, 7) is 4.16. The van der Waals surface area contributed by atoms with Crippen LogP contribution < -0.4 is 0 Å². The van der Waals surface area contributed by atoms with Crippen LogP contribution in [-0.2, 0) is 6.42 Å². The molecular weight excluding hydrogens is 344 g/mol. The van der Waals surface area contributed by atoms with Gasteiger partial charge in [-0.05, 0) is 45.1 Å². The third-order valence-electron chi connectivity index (χ3n) is 5.80. The largest absolute Gasteiger partial charge is 0.345 e. The molecule has 140 valence electrons. The molecule has 2 saturated carbocycles. The minimum atomic E-state index is 0.173. The molecule has 1 N–H and O–H groups in total. The number of ketones is 1. The topological polar surface area (TPSA) is 63.6 Å². The Labute approximate surface area is 159 Å². The van der Waals surface area contributed by atoms with E-state index >= 15 is 0 Å². The van der Waals surface area contributed by atoms with Crippen molar-refractivity contribution < 1.29 is 4.79 Å². The average molecular weight is 373 g/mol. The third-order valence-corrected chi connectivity index (χ3v) is 6.65. The minimum Gasteiger partial charge on any atom is -0.345 e. The molecule has 0 amide bonds. The molecule has 2 aliphatic carbocycles. The number of aryl methyl sites for hydroxylation is 2. The van der Waals surface area contributed by atoms with Crippen LogP contribution in [0.15, 0.2) is 11.2 Å². The van der Waals surface area contributed by atoms with Crippen LogP contribution in [0.5, 0.6) is 0 Å². The highest BCUT2D eigenvalue weighted by atomic mass is 32.2. The lowest BCUT2D eigenvalue weighted by Crippen LogP contribution is -2.06. The molecule has 0 aliphatic heterocycles. The number of Topliss-reactive ketones (excluding diaryl/α,β-unsaturated/α-hetero) is 1. The summed E-state index contributed by atoms with van der Waals surface area (Å²) in [4.78, 5) is 17.2. The predicted molar refractivity (Wildman–Crippen MR) is 104 cm³/mol. The van der Waals surface area contributed by atoms with Gasteiger partial charge < -0.3 is 4.57 Å². The Morgan fingerprint density at radius 1 is 1.27 bits per heavy atom. The van der Waals surface area contributed by atoms with Crippen LogP contribution in [0.2, 0.25) is 0 Å². The summed E-state index contributed by atoms with van der Waals surface area (Å²) in [6.07, 6.45) is 10.1. The second kappa shape index (κ2) is 7.59. The van der Waals surface area contributed by atoms with Gasteiger partial charge in [0, 0.05) is 29.4 Å². The van der Waals surface area contributed by atoms with Gasteiger partial charge in [0.1, 0.15) is 5.82 Å². The van der Waals surface area contributed by atoms with E-state index in [0.717, 1.165) is 29.4 Å². The Kier molecular flexibility index (Phi) is 5.20. The van der Waals surface area contributed by atoms with Crippen molar-refractivity contribution in [2.24, 2.45) is 5.92 Å². The Hall–Kier alpha value is -1.56. The summed E-state index contributed by atoms with van der Waals surface area (Å²) in [5.41, 5.74) is 3.17. The van der Waals surface area contributed by atoms with E-state index in [-0.39, 0.29) is 5.78 Å². The first-order chi connectivity index (χ1) is 12.6. The van der Waals surface area contributed by atoms with Crippen molar-refractivity contribution in [2.75, 3.05) is 5.75 Å². The lowest BCUT2D eigenvalue weighted by atomic mass is 10.0. The van der Waals surface area contributed by atoms with E-state index < -0.39 is 0 Å². The molecule has 0 spiro atoms. The second-order valence-corrected chi connectivity index (χ2v) is 8.79. The van der Waals surface area contributed by atoms with E-state index in [1.807, 2.05) is 6.07 Å². The van der Waals surface area contributed by atoms with Crippen molar-refractivity contribution in [1.82, 2.24) is 19.7 Å². The number of H-pyrrole nitrogens is 1. The number of rotatable bonds is 8. The summed E-state index contributed by atoms with van der Waals surface area (Å²) >= 11 is 1.44. The number of thioether (sulfide) groups is 1. The van der Waals surface area contributed by atoms with Crippen LogP contribution in [0.3, 0.4) is 0 Å². The molecule has 5 nitrogen and oxygen atoms in total. The highest BCUT2D eigenvalue weighted by Gasteiger charge is 2.28. The fraction of sp³-hybridized carbons (Fsp3) is 0.650. The van der Waals surface area contributed by atoms with Crippen LogP contribution in [0.1, 0.15) is 78.6 Å². The molecule has 26 heavy (non-hydrogen) atoms. The number of carbonyl (C=O) groups is 1. The first kappa shape index (κ1) is 17.8. The van der Waals surface area contributed by atoms with E-state index in [2.05, 4.69) is 33.6 Å². The monoisotopic (exact) mass is 372 g/mol. The van der Waals surface area contributed by atoms with Crippen LogP contribution in [0, 0.1) is 19.8 Å². The van der Waals surface area contributed by atoms with Crippen molar-refractivity contribution in [3.8, 4) is 0 Å². The first-order valence-electron chi connectivity index (χ1n) is 9.87. The summed E-state index contributed by atoms with van der Waals surface area (Å²) in [5, 5.41) is 8.01. The lowest BCUT2D eigenvalue weighted by molar-refractivity contribution is 0.102. The summed E-state index contributed by atoms with van der Waals surface area (Å²) in [5.74, 6) is 2.39. The number of carbonyl (C=O) groups excluding carboxylic acids is 1. The van der Waals surface area contributed by atoms with E-state index in [0.29, 0.717) is 17.0 Å². The molecule has 6 heteroatoms. The van der Waals surface area contributed by atoms with Gasteiger partial charge in [-0.3, -0.25) is 9.89 Å². The van der Waals surface area contributed by atoms with Crippen LogP contribution in [0.4, 0.5) is 0 Å². The predicted octanol–water partition coefficient (Wildman–Crippen LogP) is 4.66.